The maximum absolute atomic E-state index is 12.9. The Morgan fingerprint density at radius 2 is 1.63 bits per heavy atom. The number of nitrogens with zero attached hydrogens (tertiary/aromatic N) is 2. The molecule has 1 fully saturated rings. The molecule has 5 rings (SSSR count). The van der Waals surface area contributed by atoms with Gasteiger partial charge in [0.05, 0.1) is 21.3 Å². The molecule has 0 spiro atoms. The number of phenols is 1. The van der Waals surface area contributed by atoms with E-state index in [4.69, 9.17) is 23.4 Å². The molecule has 0 unspecified atom stereocenters. The van der Waals surface area contributed by atoms with Crippen molar-refractivity contribution in [2.75, 3.05) is 54.1 Å². The molecule has 1 saturated heterocycles. The van der Waals surface area contributed by atoms with E-state index in [-0.39, 0.29) is 40.4 Å². The average Bonchev–Trinajstić information content (AvgIpc) is 2.99. The number of benzene rings is 3. The molecule has 10 heteroatoms. The Balaban J connectivity index is 1.21. The number of fused-ring (bicyclic) bond motifs is 1. The van der Waals surface area contributed by atoms with Crippen LogP contribution in [0.1, 0.15) is 5.56 Å². The molecule has 0 saturated carbocycles. The summed E-state index contributed by atoms with van der Waals surface area (Å²) in [6.07, 6.45) is 0. The first-order valence-corrected chi connectivity index (χ1v) is 13.2. The number of amides is 1. The average molecular weight is 561 g/mol. The summed E-state index contributed by atoms with van der Waals surface area (Å²) in [5.74, 6) is 1.94. The van der Waals surface area contributed by atoms with E-state index in [0.29, 0.717) is 55.7 Å². The van der Waals surface area contributed by atoms with Crippen molar-refractivity contribution in [3.63, 3.8) is 0 Å². The first kappa shape index (κ1) is 27.9. The number of phenolic OH excluding ortho intramolecular Hbond substituents is 1. The van der Waals surface area contributed by atoms with Crippen molar-refractivity contribution in [3.05, 3.63) is 76.5 Å². The van der Waals surface area contributed by atoms with Crippen LogP contribution in [0.25, 0.3) is 22.3 Å². The highest BCUT2D eigenvalue weighted by molar-refractivity contribution is 5.86. The van der Waals surface area contributed by atoms with Crippen LogP contribution in [0.4, 0.5) is 0 Å². The van der Waals surface area contributed by atoms with Gasteiger partial charge in [-0.1, -0.05) is 36.4 Å². The van der Waals surface area contributed by atoms with Crippen LogP contribution in [0.2, 0.25) is 0 Å². The third-order valence-corrected chi connectivity index (χ3v) is 7.11. The van der Waals surface area contributed by atoms with E-state index in [0.717, 1.165) is 11.1 Å². The number of hydrogen-bond donors (Lipinski definition) is 1. The number of hydrogen-bond acceptors (Lipinski definition) is 9. The zero-order valence-corrected chi connectivity index (χ0v) is 23.2. The van der Waals surface area contributed by atoms with Gasteiger partial charge in [0.15, 0.2) is 23.5 Å². The van der Waals surface area contributed by atoms with Crippen molar-refractivity contribution >= 4 is 16.9 Å². The monoisotopic (exact) mass is 560 g/mol. The molecular formula is C31H32N2O8. The van der Waals surface area contributed by atoms with Gasteiger partial charge in [-0.3, -0.25) is 14.5 Å². The van der Waals surface area contributed by atoms with Gasteiger partial charge >= 0.3 is 0 Å². The standard InChI is InChI=1S/C31H32N2O8/c1-37-25-10-9-21(30(38-2)31(25)39-3)18-32-11-13-33(14-12-32)28(36)19-40-22-15-23(34)29-24(35)17-26(41-27(29)16-22)20-7-5-4-6-8-20/h4-10,15-17,34H,11-14,18-19H2,1-3H3. The molecule has 1 aromatic heterocycles. The molecule has 1 amide bonds. The molecule has 1 aliphatic heterocycles. The molecule has 214 valence electrons. The number of carbonyl (C=O) groups is 1. The van der Waals surface area contributed by atoms with Gasteiger partial charge in [0.2, 0.25) is 5.75 Å². The van der Waals surface area contributed by atoms with Gasteiger partial charge in [0, 0.05) is 62.0 Å². The number of piperazine rings is 1. The highest BCUT2D eigenvalue weighted by atomic mass is 16.5. The minimum absolute atomic E-state index is 0.0607. The molecule has 4 aromatic rings. The highest BCUT2D eigenvalue weighted by Crippen LogP contribution is 2.40. The van der Waals surface area contributed by atoms with Crippen LogP contribution in [0.15, 0.2) is 69.9 Å². The lowest BCUT2D eigenvalue weighted by molar-refractivity contribution is -0.135. The van der Waals surface area contributed by atoms with Crippen LogP contribution in [0.3, 0.4) is 0 Å². The number of ether oxygens (including phenoxy) is 4. The second-order valence-electron chi connectivity index (χ2n) is 9.60. The first-order valence-electron chi connectivity index (χ1n) is 13.2. The third kappa shape index (κ3) is 5.92. The summed E-state index contributed by atoms with van der Waals surface area (Å²) in [7, 11) is 4.76. The van der Waals surface area contributed by atoms with Gasteiger partial charge in [-0.2, -0.15) is 0 Å². The minimum Gasteiger partial charge on any atom is -0.507 e. The maximum atomic E-state index is 12.9. The lowest BCUT2D eigenvalue weighted by Crippen LogP contribution is -2.49. The van der Waals surface area contributed by atoms with Gasteiger partial charge in [-0.05, 0) is 6.07 Å². The Bertz CT molecular complexity index is 1590. The molecule has 1 aliphatic rings. The third-order valence-electron chi connectivity index (χ3n) is 7.11. The lowest BCUT2D eigenvalue weighted by atomic mass is 10.1. The fourth-order valence-corrected chi connectivity index (χ4v) is 4.99. The van der Waals surface area contributed by atoms with Crippen molar-refractivity contribution in [1.29, 1.82) is 0 Å². The molecule has 0 radical (unpaired) electrons. The van der Waals surface area contributed by atoms with Crippen molar-refractivity contribution in [2.45, 2.75) is 6.54 Å². The summed E-state index contributed by atoms with van der Waals surface area (Å²) in [5.41, 5.74) is 1.51. The van der Waals surface area contributed by atoms with Crippen LogP contribution < -0.4 is 24.4 Å². The number of rotatable bonds is 9. The predicted octanol–water partition coefficient (Wildman–Crippen LogP) is 3.91. The van der Waals surface area contributed by atoms with Gasteiger partial charge < -0.3 is 33.4 Å². The molecule has 3 aromatic carbocycles. The highest BCUT2D eigenvalue weighted by Gasteiger charge is 2.24. The summed E-state index contributed by atoms with van der Waals surface area (Å²) >= 11 is 0. The first-order chi connectivity index (χ1) is 19.9. The van der Waals surface area contributed by atoms with E-state index >= 15 is 0 Å². The topological polar surface area (TPSA) is 111 Å². The van der Waals surface area contributed by atoms with Crippen molar-refractivity contribution in [1.82, 2.24) is 9.80 Å². The van der Waals surface area contributed by atoms with Crippen LogP contribution in [0, 0.1) is 0 Å². The number of methoxy groups -OCH3 is 3. The number of carbonyl (C=O) groups excluding carboxylic acids is 1. The Labute approximate surface area is 237 Å². The van der Waals surface area contributed by atoms with Crippen molar-refractivity contribution in [3.8, 4) is 40.1 Å². The molecule has 41 heavy (non-hydrogen) atoms. The van der Waals surface area contributed by atoms with Gasteiger partial charge in [0.25, 0.3) is 5.91 Å². The Hall–Kier alpha value is -4.70. The second kappa shape index (κ2) is 12.2. The molecular weight excluding hydrogens is 528 g/mol. The number of aromatic hydroxyl groups is 1. The Morgan fingerprint density at radius 1 is 0.902 bits per heavy atom. The maximum Gasteiger partial charge on any atom is 0.260 e. The zero-order valence-electron chi connectivity index (χ0n) is 23.2. The summed E-state index contributed by atoms with van der Waals surface area (Å²) in [6, 6.07) is 17.2. The fourth-order valence-electron chi connectivity index (χ4n) is 4.99. The molecule has 1 N–H and O–H groups in total. The molecule has 2 heterocycles. The molecule has 10 nitrogen and oxygen atoms in total. The van der Waals surface area contributed by atoms with E-state index in [2.05, 4.69) is 4.90 Å². The molecule has 0 atom stereocenters. The van der Waals surface area contributed by atoms with Crippen molar-refractivity contribution in [2.24, 2.45) is 0 Å². The van der Waals surface area contributed by atoms with E-state index in [1.807, 2.05) is 42.5 Å². The summed E-state index contributed by atoms with van der Waals surface area (Å²) in [4.78, 5) is 29.6. The summed E-state index contributed by atoms with van der Waals surface area (Å²) in [6.45, 7) is 2.85. The van der Waals surface area contributed by atoms with Crippen LogP contribution in [0.5, 0.6) is 28.7 Å². The van der Waals surface area contributed by atoms with Gasteiger partial charge in [-0.25, -0.2) is 0 Å². The van der Waals surface area contributed by atoms with E-state index in [1.54, 1.807) is 26.2 Å². The van der Waals surface area contributed by atoms with Crippen LogP contribution >= 0.6 is 0 Å². The molecule has 0 aliphatic carbocycles. The van der Waals surface area contributed by atoms with E-state index < -0.39 is 0 Å². The normalized spacial score (nSPS) is 13.7. The fraction of sp³-hybridized carbons (Fsp3) is 0.290. The summed E-state index contributed by atoms with van der Waals surface area (Å²) in [5, 5.41) is 10.6. The minimum atomic E-state index is -0.367. The zero-order chi connectivity index (χ0) is 28.9. The second-order valence-corrected chi connectivity index (χ2v) is 9.60. The lowest BCUT2D eigenvalue weighted by Gasteiger charge is -2.35. The molecule has 0 bridgehead atoms. The predicted molar refractivity (Wildman–Crippen MR) is 153 cm³/mol. The van der Waals surface area contributed by atoms with E-state index in [9.17, 15) is 14.7 Å². The van der Waals surface area contributed by atoms with Crippen LogP contribution in [-0.2, 0) is 11.3 Å². The quantitative estimate of drug-likeness (QED) is 0.326. The van der Waals surface area contributed by atoms with Crippen molar-refractivity contribution < 1.29 is 33.3 Å². The Morgan fingerprint density at radius 3 is 2.32 bits per heavy atom. The summed E-state index contributed by atoms with van der Waals surface area (Å²) < 4.78 is 28.1. The van der Waals surface area contributed by atoms with Gasteiger partial charge in [0.1, 0.15) is 28.2 Å². The smallest absolute Gasteiger partial charge is 0.260 e. The SMILES string of the molecule is COc1ccc(CN2CCN(C(=O)COc3cc(O)c4c(=O)cc(-c5ccccc5)oc4c3)CC2)c(OC)c1OC. The largest absolute Gasteiger partial charge is 0.507 e. The van der Waals surface area contributed by atoms with E-state index in [1.165, 1.54) is 18.2 Å². The Kier molecular flexibility index (Phi) is 8.30. The van der Waals surface area contributed by atoms with Gasteiger partial charge in [-0.15, -0.1) is 0 Å². The van der Waals surface area contributed by atoms with Crippen LogP contribution in [-0.4, -0.2) is 74.9 Å².